The van der Waals surface area contributed by atoms with E-state index >= 15 is 0 Å². The van der Waals surface area contributed by atoms with Crippen molar-refractivity contribution in [3.8, 4) is 0 Å². The molecule has 0 bridgehead atoms. The van der Waals surface area contributed by atoms with Crippen LogP contribution in [-0.4, -0.2) is 20.0 Å². The van der Waals surface area contributed by atoms with Crippen LogP contribution in [0.1, 0.15) is 17.2 Å². The van der Waals surface area contributed by atoms with Gasteiger partial charge < -0.3 is 10.1 Å². The predicted octanol–water partition coefficient (Wildman–Crippen LogP) is 2.55. The lowest BCUT2D eigenvalue weighted by molar-refractivity contribution is -0.385. The third kappa shape index (κ3) is 2.02. The first-order valence-corrected chi connectivity index (χ1v) is 6.01. The monoisotopic (exact) mass is 269 g/mol. The number of nitrogens with one attached hydrogen (secondary N) is 1. The van der Waals surface area contributed by atoms with Gasteiger partial charge in [0, 0.05) is 35.5 Å². The van der Waals surface area contributed by atoms with Gasteiger partial charge in [-0.15, -0.1) is 0 Å². The first-order chi connectivity index (χ1) is 9.66. The summed E-state index contributed by atoms with van der Waals surface area (Å²) >= 11 is 0. The van der Waals surface area contributed by atoms with Crippen LogP contribution >= 0.6 is 0 Å². The summed E-state index contributed by atoms with van der Waals surface area (Å²) in [5.74, 6) is 0. The number of aromatic nitrogens is 2. The summed E-state index contributed by atoms with van der Waals surface area (Å²) in [5.41, 5.74) is 1.75. The standard InChI is InChI=1S/C14H11N3O3/c18-13(9-3-1-4-10(7-9)17(19)20)12-8-16-14-11(12)5-2-6-15-14/h1-8,13,18H,(H,15,16). The highest BCUT2D eigenvalue weighted by Gasteiger charge is 2.17. The van der Waals surface area contributed by atoms with E-state index in [1.807, 2.05) is 6.07 Å². The van der Waals surface area contributed by atoms with E-state index in [0.29, 0.717) is 16.8 Å². The van der Waals surface area contributed by atoms with Crippen LogP contribution in [0, 0.1) is 10.1 Å². The number of hydrogen-bond donors (Lipinski definition) is 2. The van der Waals surface area contributed by atoms with Crippen LogP contribution in [0.4, 0.5) is 5.69 Å². The molecule has 3 rings (SSSR count). The SMILES string of the molecule is O=[N+]([O-])c1cccc(C(O)c2c[nH]c3ncccc23)c1. The number of H-pyrrole nitrogens is 1. The van der Waals surface area contributed by atoms with Gasteiger partial charge in [0.25, 0.3) is 5.69 Å². The minimum absolute atomic E-state index is 0.0421. The van der Waals surface area contributed by atoms with Crippen LogP contribution in [-0.2, 0) is 0 Å². The molecule has 0 saturated heterocycles. The Kier molecular flexibility index (Phi) is 2.92. The number of rotatable bonds is 3. The fraction of sp³-hybridized carbons (Fsp3) is 0.0714. The Bertz CT molecular complexity index is 782. The third-order valence-corrected chi connectivity index (χ3v) is 3.17. The van der Waals surface area contributed by atoms with E-state index in [-0.39, 0.29) is 5.69 Å². The van der Waals surface area contributed by atoms with E-state index in [1.54, 1.807) is 30.6 Å². The van der Waals surface area contributed by atoms with E-state index in [0.717, 1.165) is 5.39 Å². The van der Waals surface area contributed by atoms with Gasteiger partial charge in [0.1, 0.15) is 11.8 Å². The molecule has 0 saturated carbocycles. The maximum Gasteiger partial charge on any atom is 0.269 e. The van der Waals surface area contributed by atoms with Gasteiger partial charge in [-0.2, -0.15) is 0 Å². The molecule has 100 valence electrons. The molecule has 3 aromatic rings. The number of benzene rings is 1. The average Bonchev–Trinajstić information content (AvgIpc) is 2.90. The normalized spacial score (nSPS) is 12.4. The van der Waals surface area contributed by atoms with Crippen molar-refractivity contribution in [1.29, 1.82) is 0 Å². The first kappa shape index (κ1) is 12.3. The first-order valence-electron chi connectivity index (χ1n) is 6.01. The molecule has 0 aliphatic carbocycles. The lowest BCUT2D eigenvalue weighted by Crippen LogP contribution is -2.00. The molecule has 0 amide bonds. The molecule has 0 fully saturated rings. The lowest BCUT2D eigenvalue weighted by Gasteiger charge is -2.09. The zero-order valence-electron chi connectivity index (χ0n) is 10.4. The summed E-state index contributed by atoms with van der Waals surface area (Å²) in [6.45, 7) is 0. The van der Waals surface area contributed by atoms with Gasteiger partial charge in [-0.1, -0.05) is 12.1 Å². The van der Waals surface area contributed by atoms with Gasteiger partial charge in [0.2, 0.25) is 0 Å². The van der Waals surface area contributed by atoms with Crippen molar-refractivity contribution >= 4 is 16.7 Å². The highest BCUT2D eigenvalue weighted by Crippen LogP contribution is 2.29. The number of hydrogen-bond acceptors (Lipinski definition) is 4. The Balaban J connectivity index is 2.06. The molecule has 2 heterocycles. The molecule has 0 aliphatic rings. The highest BCUT2D eigenvalue weighted by molar-refractivity contribution is 5.80. The summed E-state index contributed by atoms with van der Waals surface area (Å²) in [4.78, 5) is 17.4. The van der Waals surface area contributed by atoms with Crippen molar-refractivity contribution in [2.45, 2.75) is 6.10 Å². The van der Waals surface area contributed by atoms with Crippen LogP contribution < -0.4 is 0 Å². The number of nitro benzene ring substituents is 1. The molecule has 6 heteroatoms. The Morgan fingerprint density at radius 1 is 1.30 bits per heavy atom. The molecule has 6 nitrogen and oxygen atoms in total. The van der Waals surface area contributed by atoms with Gasteiger partial charge in [0.15, 0.2) is 0 Å². The van der Waals surface area contributed by atoms with E-state index in [1.165, 1.54) is 12.1 Å². The van der Waals surface area contributed by atoms with Gasteiger partial charge >= 0.3 is 0 Å². The fourth-order valence-electron chi connectivity index (χ4n) is 2.19. The molecule has 1 atom stereocenters. The number of aliphatic hydroxyl groups excluding tert-OH is 1. The minimum atomic E-state index is -0.937. The van der Waals surface area contributed by atoms with Crippen LogP contribution in [0.15, 0.2) is 48.8 Å². The molecule has 0 radical (unpaired) electrons. The topological polar surface area (TPSA) is 92.0 Å². The van der Waals surface area contributed by atoms with Crippen molar-refractivity contribution in [2.24, 2.45) is 0 Å². The zero-order chi connectivity index (χ0) is 14.1. The van der Waals surface area contributed by atoms with Gasteiger partial charge in [-0.25, -0.2) is 4.98 Å². The number of non-ortho nitro benzene ring substituents is 1. The molecular weight excluding hydrogens is 258 g/mol. The molecule has 20 heavy (non-hydrogen) atoms. The number of nitro groups is 1. The van der Waals surface area contributed by atoms with E-state index in [4.69, 9.17) is 0 Å². The molecule has 1 unspecified atom stereocenters. The molecule has 1 aromatic carbocycles. The molecule has 0 aliphatic heterocycles. The average molecular weight is 269 g/mol. The predicted molar refractivity (Wildman–Crippen MR) is 73.3 cm³/mol. The van der Waals surface area contributed by atoms with Crippen molar-refractivity contribution in [3.63, 3.8) is 0 Å². The Labute approximate surface area is 113 Å². The summed E-state index contributed by atoms with van der Waals surface area (Å²) < 4.78 is 0. The molecule has 2 aromatic heterocycles. The lowest BCUT2D eigenvalue weighted by atomic mass is 10.0. The second-order valence-electron chi connectivity index (χ2n) is 4.40. The van der Waals surface area contributed by atoms with E-state index < -0.39 is 11.0 Å². The summed E-state index contributed by atoms with van der Waals surface area (Å²) in [6, 6.07) is 9.61. The Morgan fingerprint density at radius 3 is 2.95 bits per heavy atom. The number of fused-ring (bicyclic) bond motifs is 1. The fourth-order valence-corrected chi connectivity index (χ4v) is 2.19. The van der Waals surface area contributed by atoms with Gasteiger partial charge in [-0.3, -0.25) is 10.1 Å². The number of pyridine rings is 1. The maximum atomic E-state index is 10.8. The molecule has 2 N–H and O–H groups in total. The van der Waals surface area contributed by atoms with E-state index in [2.05, 4.69) is 9.97 Å². The van der Waals surface area contributed by atoms with Crippen LogP contribution in [0.5, 0.6) is 0 Å². The number of aliphatic hydroxyl groups is 1. The van der Waals surface area contributed by atoms with Gasteiger partial charge in [0.05, 0.1) is 4.92 Å². The van der Waals surface area contributed by atoms with Crippen molar-refractivity contribution in [2.75, 3.05) is 0 Å². The quantitative estimate of drug-likeness (QED) is 0.564. The molecular formula is C14H11N3O3. The Hall–Kier alpha value is -2.73. The summed E-state index contributed by atoms with van der Waals surface area (Å²) in [6.07, 6.45) is 2.39. The number of nitrogens with zero attached hydrogens (tertiary/aromatic N) is 2. The molecule has 0 spiro atoms. The van der Waals surface area contributed by atoms with Crippen molar-refractivity contribution < 1.29 is 10.0 Å². The largest absolute Gasteiger partial charge is 0.384 e. The smallest absolute Gasteiger partial charge is 0.269 e. The highest BCUT2D eigenvalue weighted by atomic mass is 16.6. The minimum Gasteiger partial charge on any atom is -0.384 e. The van der Waals surface area contributed by atoms with E-state index in [9.17, 15) is 15.2 Å². The van der Waals surface area contributed by atoms with Crippen LogP contribution in [0.2, 0.25) is 0 Å². The second kappa shape index (κ2) is 4.75. The van der Waals surface area contributed by atoms with Crippen LogP contribution in [0.3, 0.4) is 0 Å². The number of aromatic amines is 1. The van der Waals surface area contributed by atoms with Crippen molar-refractivity contribution in [3.05, 3.63) is 70.0 Å². The zero-order valence-corrected chi connectivity index (χ0v) is 10.4. The summed E-state index contributed by atoms with van der Waals surface area (Å²) in [7, 11) is 0. The summed E-state index contributed by atoms with van der Waals surface area (Å²) in [5, 5.41) is 22.0. The van der Waals surface area contributed by atoms with Crippen LogP contribution in [0.25, 0.3) is 11.0 Å². The van der Waals surface area contributed by atoms with Gasteiger partial charge in [-0.05, 0) is 17.7 Å². The Morgan fingerprint density at radius 2 is 2.15 bits per heavy atom. The maximum absolute atomic E-state index is 10.8. The second-order valence-corrected chi connectivity index (χ2v) is 4.40. The van der Waals surface area contributed by atoms with Crippen molar-refractivity contribution in [1.82, 2.24) is 9.97 Å². The third-order valence-electron chi connectivity index (χ3n) is 3.17.